The molecule has 1 heterocycles. The summed E-state index contributed by atoms with van der Waals surface area (Å²) in [4.78, 5) is 0. The van der Waals surface area contributed by atoms with Gasteiger partial charge in [0.15, 0.2) is 11.6 Å². The summed E-state index contributed by atoms with van der Waals surface area (Å²) >= 11 is 2.77. The Morgan fingerprint density at radius 1 is 1.25 bits per heavy atom. The summed E-state index contributed by atoms with van der Waals surface area (Å²) in [6, 6.07) is 0.692. The normalized spacial score (nSPS) is 10.8. The zero-order valence-corrected chi connectivity index (χ0v) is 9.19. The second-order valence-corrected chi connectivity index (χ2v) is 3.80. The van der Waals surface area contributed by atoms with E-state index >= 15 is 0 Å². The molecule has 0 aliphatic rings. The number of rotatable bonds is 1. The van der Waals surface area contributed by atoms with Crippen LogP contribution in [0.15, 0.2) is 21.3 Å². The minimum atomic E-state index is -1.34. The lowest BCUT2D eigenvalue weighted by atomic mass is 10.1. The number of hydrogen-bond donors (Lipinski definition) is 1. The third-order valence-corrected chi connectivity index (χ3v) is 2.56. The molecule has 0 fully saturated rings. The van der Waals surface area contributed by atoms with Crippen molar-refractivity contribution in [3.05, 3.63) is 34.2 Å². The molecule has 1 aromatic carbocycles. The maximum atomic E-state index is 13.6. The van der Waals surface area contributed by atoms with Crippen LogP contribution in [-0.4, -0.2) is 5.16 Å². The Labute approximate surface area is 96.2 Å². The molecule has 1 aromatic heterocycles. The standard InChI is InChI=1S/C9H4BrF3N2O/c10-4-1-5(11)8(13)6(7(4)12)3-2-15-16-9(3)14/h1-2H,14H2. The first-order valence-corrected chi connectivity index (χ1v) is 4.85. The van der Waals surface area contributed by atoms with Crippen molar-refractivity contribution in [2.24, 2.45) is 0 Å². The van der Waals surface area contributed by atoms with Crippen molar-refractivity contribution in [3.63, 3.8) is 0 Å². The molecule has 16 heavy (non-hydrogen) atoms. The second kappa shape index (κ2) is 3.82. The fourth-order valence-corrected chi connectivity index (χ4v) is 1.65. The predicted octanol–water partition coefficient (Wildman–Crippen LogP) is 3.10. The van der Waals surface area contributed by atoms with E-state index in [1.165, 1.54) is 0 Å². The summed E-state index contributed by atoms with van der Waals surface area (Å²) in [6.07, 6.45) is 1.02. The van der Waals surface area contributed by atoms with Crippen LogP contribution in [0.2, 0.25) is 0 Å². The largest absolute Gasteiger partial charge is 0.367 e. The molecule has 0 spiro atoms. The zero-order chi connectivity index (χ0) is 11.9. The molecule has 0 amide bonds. The number of anilines is 1. The van der Waals surface area contributed by atoms with Crippen LogP contribution in [0.25, 0.3) is 11.1 Å². The third kappa shape index (κ3) is 1.57. The van der Waals surface area contributed by atoms with Crippen LogP contribution in [0.3, 0.4) is 0 Å². The average Bonchev–Trinajstić information content (AvgIpc) is 2.63. The Bertz CT molecular complexity index is 530. The minimum absolute atomic E-state index is 0.129. The van der Waals surface area contributed by atoms with Gasteiger partial charge in [-0.1, -0.05) is 5.16 Å². The molecule has 0 atom stereocenters. The molecule has 0 unspecified atom stereocenters. The Morgan fingerprint density at radius 3 is 2.50 bits per heavy atom. The fourth-order valence-electron chi connectivity index (χ4n) is 1.25. The number of nitrogens with zero attached hydrogens (tertiary/aromatic N) is 1. The van der Waals surface area contributed by atoms with Crippen molar-refractivity contribution in [2.75, 3.05) is 5.73 Å². The topological polar surface area (TPSA) is 52.0 Å². The van der Waals surface area contributed by atoms with Crippen molar-refractivity contribution in [2.45, 2.75) is 0 Å². The smallest absolute Gasteiger partial charge is 0.230 e. The van der Waals surface area contributed by atoms with Gasteiger partial charge < -0.3 is 10.3 Å². The molecule has 3 nitrogen and oxygen atoms in total. The van der Waals surface area contributed by atoms with E-state index < -0.39 is 23.0 Å². The van der Waals surface area contributed by atoms with Gasteiger partial charge in [0.2, 0.25) is 5.88 Å². The molecule has 0 saturated carbocycles. The van der Waals surface area contributed by atoms with Crippen LogP contribution in [0.1, 0.15) is 0 Å². The SMILES string of the molecule is Nc1oncc1-c1c(F)c(F)cc(Br)c1F. The summed E-state index contributed by atoms with van der Waals surface area (Å²) < 4.78 is 44.4. The van der Waals surface area contributed by atoms with E-state index in [4.69, 9.17) is 5.73 Å². The first kappa shape index (κ1) is 11.0. The highest BCUT2D eigenvalue weighted by atomic mass is 79.9. The van der Waals surface area contributed by atoms with Gasteiger partial charge in [-0.25, -0.2) is 13.2 Å². The van der Waals surface area contributed by atoms with Crippen LogP contribution >= 0.6 is 15.9 Å². The van der Waals surface area contributed by atoms with Gasteiger partial charge in [-0.2, -0.15) is 0 Å². The van der Waals surface area contributed by atoms with Gasteiger partial charge >= 0.3 is 0 Å². The Balaban J connectivity index is 2.79. The molecule has 0 radical (unpaired) electrons. The lowest BCUT2D eigenvalue weighted by molar-refractivity contribution is 0.436. The van der Waals surface area contributed by atoms with E-state index in [-0.39, 0.29) is 15.9 Å². The summed E-state index contributed by atoms with van der Waals surface area (Å²) in [6.45, 7) is 0. The molecule has 0 bridgehead atoms. The van der Waals surface area contributed by atoms with Gasteiger partial charge in [-0.05, 0) is 22.0 Å². The first-order valence-electron chi connectivity index (χ1n) is 4.06. The molecule has 2 N–H and O–H groups in total. The van der Waals surface area contributed by atoms with Crippen molar-refractivity contribution in [1.29, 1.82) is 0 Å². The number of benzene rings is 1. The van der Waals surface area contributed by atoms with Crippen LogP contribution in [0.4, 0.5) is 19.1 Å². The van der Waals surface area contributed by atoms with Crippen molar-refractivity contribution in [3.8, 4) is 11.1 Å². The molecule has 2 rings (SSSR count). The lowest BCUT2D eigenvalue weighted by Crippen LogP contribution is -1.97. The van der Waals surface area contributed by atoms with Crippen molar-refractivity contribution >= 4 is 21.8 Å². The molecule has 0 aliphatic heterocycles. The third-order valence-electron chi connectivity index (χ3n) is 1.98. The maximum absolute atomic E-state index is 13.6. The van der Waals surface area contributed by atoms with E-state index in [0.29, 0.717) is 6.07 Å². The van der Waals surface area contributed by atoms with E-state index in [2.05, 4.69) is 25.6 Å². The minimum Gasteiger partial charge on any atom is -0.367 e. The monoisotopic (exact) mass is 292 g/mol. The average molecular weight is 293 g/mol. The van der Waals surface area contributed by atoms with Crippen LogP contribution < -0.4 is 5.73 Å². The van der Waals surface area contributed by atoms with Crippen LogP contribution in [0, 0.1) is 17.5 Å². The number of halogens is 4. The summed E-state index contributed by atoms with van der Waals surface area (Å²) in [5.41, 5.74) is 4.57. The molecule has 0 saturated heterocycles. The van der Waals surface area contributed by atoms with Crippen LogP contribution in [0.5, 0.6) is 0 Å². The van der Waals surface area contributed by atoms with Gasteiger partial charge in [0.05, 0.1) is 21.8 Å². The highest BCUT2D eigenvalue weighted by Gasteiger charge is 2.22. The van der Waals surface area contributed by atoms with Gasteiger partial charge in [-0.3, -0.25) is 0 Å². The predicted molar refractivity (Wildman–Crippen MR) is 53.9 cm³/mol. The second-order valence-electron chi connectivity index (χ2n) is 2.95. The first-order chi connectivity index (χ1) is 7.52. The van der Waals surface area contributed by atoms with Crippen LogP contribution in [-0.2, 0) is 0 Å². The Kier molecular flexibility index (Phi) is 2.63. The summed E-state index contributed by atoms with van der Waals surface area (Å²) in [5, 5.41) is 3.27. The van der Waals surface area contributed by atoms with E-state index in [1.54, 1.807) is 0 Å². The molecule has 0 aliphatic carbocycles. The van der Waals surface area contributed by atoms with Gasteiger partial charge in [0, 0.05) is 0 Å². The van der Waals surface area contributed by atoms with E-state index in [1.807, 2.05) is 0 Å². The molecule has 84 valence electrons. The molecule has 2 aromatic rings. The molecular weight excluding hydrogens is 289 g/mol. The fraction of sp³-hybridized carbons (Fsp3) is 0. The van der Waals surface area contributed by atoms with Crippen molar-refractivity contribution in [1.82, 2.24) is 5.16 Å². The Hall–Kier alpha value is -1.50. The number of nitrogens with two attached hydrogens (primary N) is 1. The van der Waals surface area contributed by atoms with Gasteiger partial charge in [0.1, 0.15) is 5.82 Å². The number of nitrogen functional groups attached to an aromatic ring is 1. The Morgan fingerprint density at radius 2 is 1.94 bits per heavy atom. The zero-order valence-electron chi connectivity index (χ0n) is 7.60. The lowest BCUT2D eigenvalue weighted by Gasteiger charge is -2.05. The highest BCUT2D eigenvalue weighted by molar-refractivity contribution is 9.10. The quantitative estimate of drug-likeness (QED) is 0.822. The maximum Gasteiger partial charge on any atom is 0.230 e. The van der Waals surface area contributed by atoms with Gasteiger partial charge in [0.25, 0.3) is 0 Å². The van der Waals surface area contributed by atoms with E-state index in [9.17, 15) is 13.2 Å². The van der Waals surface area contributed by atoms with E-state index in [0.717, 1.165) is 6.20 Å². The van der Waals surface area contributed by atoms with Gasteiger partial charge in [-0.15, -0.1) is 0 Å². The number of hydrogen-bond acceptors (Lipinski definition) is 3. The molecular formula is C9H4BrF3N2O. The van der Waals surface area contributed by atoms with Crippen molar-refractivity contribution < 1.29 is 17.7 Å². The highest BCUT2D eigenvalue weighted by Crippen LogP contribution is 2.35. The number of aromatic nitrogens is 1. The summed E-state index contributed by atoms with van der Waals surface area (Å²) in [7, 11) is 0. The summed E-state index contributed by atoms with van der Waals surface area (Å²) in [5.74, 6) is -3.77. The molecule has 7 heteroatoms.